The van der Waals surface area contributed by atoms with Crippen LogP contribution in [0.2, 0.25) is 0 Å². The van der Waals surface area contributed by atoms with Crippen LogP contribution >= 0.6 is 0 Å². The molecule has 6 nitrogen and oxygen atoms in total. The van der Waals surface area contributed by atoms with Crippen molar-refractivity contribution in [1.82, 2.24) is 0 Å². The molecular weight excluding hydrogens is 1510 g/mol. The predicted molar refractivity (Wildman–Crippen MR) is 389 cm³/mol. The molecule has 1 aliphatic rings. The zero-order valence-corrected chi connectivity index (χ0v) is 69.6. The second-order valence-electron chi connectivity index (χ2n) is 30.4. The summed E-state index contributed by atoms with van der Waals surface area (Å²) in [5.41, 5.74) is 24.2. The van der Waals surface area contributed by atoms with E-state index in [4.69, 9.17) is 28.4 Å². The Morgan fingerprint density at radius 2 is 0.278 bits per heavy atom. The second-order valence-corrected chi connectivity index (χ2v) is 42.8. The normalized spacial score (nSPS) is 15.2. The summed E-state index contributed by atoms with van der Waals surface area (Å²) in [6, 6.07) is 29.5. The number of hydrogen-bond acceptors (Lipinski definition) is 6. The van der Waals surface area contributed by atoms with Crippen LogP contribution in [0.1, 0.15) is 225 Å². The SMILES string of the molecule is COc1c2cc(C(C)(C)C)cc1C[Se]Cc1cc(C(C)(C)C)cc(c1OC)C[Se]Cc1cc(C(C)(C)C)cc(c1OC)C[Se]Cc1cc(C(C)(C)C)cc(c1OC)C[Se]Cc1cc(C(C)(C)C)cc(c1OC)C[Se]Cc1cc(C(C)(C)C)cc(c1OC)C[Se]C2. The molecule has 492 valence electrons. The topological polar surface area (TPSA) is 55.4 Å². The van der Waals surface area contributed by atoms with Gasteiger partial charge in [0.25, 0.3) is 0 Å². The summed E-state index contributed by atoms with van der Waals surface area (Å²) in [4.78, 5) is 0. The molecule has 0 amide bonds. The van der Waals surface area contributed by atoms with Crippen molar-refractivity contribution in [2.75, 3.05) is 42.7 Å². The van der Waals surface area contributed by atoms with Crippen LogP contribution in [-0.4, -0.2) is 132 Å². The van der Waals surface area contributed by atoms with Crippen LogP contribution < -0.4 is 28.4 Å². The fourth-order valence-electron chi connectivity index (χ4n) is 11.6. The van der Waals surface area contributed by atoms with E-state index < -0.39 is 0 Å². The zero-order valence-electron chi connectivity index (χ0n) is 59.3. The van der Waals surface area contributed by atoms with Crippen molar-refractivity contribution in [1.29, 1.82) is 0 Å². The van der Waals surface area contributed by atoms with Crippen LogP contribution in [0, 0.1) is 0 Å². The number of methoxy groups -OCH3 is 6. The average molecular weight is 1620 g/mol. The Bertz CT molecular complexity index is 2700. The van der Waals surface area contributed by atoms with E-state index in [1.807, 2.05) is 42.7 Å². The molecule has 7 rings (SSSR count). The standard InChI is InChI=1S/C78H108O6Se6/c1-73(2,3)61-25-49-37-85-39-51-27-62(74(4,5)6)29-53(68(51)80-20)41-87-43-55-31-64(76(10,11)12)33-57(70(55)82-22)45-89-47-59-35-66(78(16,17)18)36-60(72(59)84-24)48-90-46-58-34-65(77(13,14)15)32-56(71(58)83-23)44-88-42-54-30-63(75(7,8)9)28-52(69(54)81-21)40-86-38-50(26-61)67(49)79-19/h25-36H,37-48H2,1-24H3. The van der Waals surface area contributed by atoms with Gasteiger partial charge in [-0.25, -0.2) is 0 Å². The summed E-state index contributed by atoms with van der Waals surface area (Å²) in [5.74, 6) is 6.43. The molecule has 0 aliphatic carbocycles. The van der Waals surface area contributed by atoms with Gasteiger partial charge in [-0.2, -0.15) is 0 Å². The molecule has 6 aromatic rings. The first kappa shape index (κ1) is 74.6. The van der Waals surface area contributed by atoms with Gasteiger partial charge in [0.1, 0.15) is 0 Å². The Balaban J connectivity index is 1.33. The third-order valence-corrected chi connectivity index (χ3v) is 29.9. The van der Waals surface area contributed by atoms with Crippen LogP contribution in [0.25, 0.3) is 0 Å². The Labute approximate surface area is 583 Å². The van der Waals surface area contributed by atoms with Crippen molar-refractivity contribution in [3.05, 3.63) is 173 Å². The van der Waals surface area contributed by atoms with Gasteiger partial charge in [-0.1, -0.05) is 0 Å². The molecule has 0 aromatic heterocycles. The van der Waals surface area contributed by atoms with Crippen molar-refractivity contribution in [3.63, 3.8) is 0 Å². The first-order valence-corrected chi connectivity index (χ1v) is 46.3. The molecule has 0 N–H and O–H groups in total. The van der Waals surface area contributed by atoms with Crippen molar-refractivity contribution < 1.29 is 28.4 Å². The van der Waals surface area contributed by atoms with Crippen LogP contribution in [0.3, 0.4) is 0 Å². The third kappa shape index (κ3) is 19.3. The minimum atomic E-state index is -0.0101. The van der Waals surface area contributed by atoms with E-state index in [0.29, 0.717) is 0 Å². The molecule has 0 atom stereocenters. The molecule has 0 unspecified atom stereocenters. The molecule has 0 fully saturated rings. The number of ether oxygens (including phenoxy) is 6. The van der Waals surface area contributed by atoms with E-state index in [-0.39, 0.29) is 122 Å². The van der Waals surface area contributed by atoms with Crippen molar-refractivity contribution in [3.8, 4) is 34.5 Å². The molecule has 0 radical (unpaired) electrons. The maximum atomic E-state index is 6.50. The van der Waals surface area contributed by atoms with Gasteiger partial charge in [-0.05, 0) is 0 Å². The van der Waals surface area contributed by atoms with Gasteiger partial charge in [-0.3, -0.25) is 0 Å². The first-order chi connectivity index (χ1) is 42.1. The molecule has 12 bridgehead atoms. The van der Waals surface area contributed by atoms with Gasteiger partial charge in [0, 0.05) is 0 Å². The van der Waals surface area contributed by atoms with E-state index in [0.717, 1.165) is 98.3 Å². The fourth-order valence-corrected chi connectivity index (χ4v) is 23.8. The van der Waals surface area contributed by atoms with Gasteiger partial charge >= 0.3 is 589 Å². The molecule has 1 aliphatic heterocycles. The molecule has 0 saturated carbocycles. The monoisotopic (exact) mass is 1620 g/mol. The van der Waals surface area contributed by atoms with Crippen LogP contribution in [0.5, 0.6) is 34.5 Å². The molecule has 0 saturated heterocycles. The van der Waals surface area contributed by atoms with Crippen LogP contribution in [0.15, 0.2) is 72.8 Å². The van der Waals surface area contributed by atoms with Gasteiger partial charge in [0.15, 0.2) is 0 Å². The zero-order chi connectivity index (χ0) is 66.3. The molecule has 12 heteroatoms. The molecule has 0 spiro atoms. The Kier molecular flexibility index (Phi) is 26.0. The van der Waals surface area contributed by atoms with E-state index >= 15 is 0 Å². The summed E-state index contributed by atoms with van der Waals surface area (Å²) in [6.45, 7) is 42.3. The quantitative estimate of drug-likeness (QED) is 0.155. The minimum absolute atomic E-state index is 0.0101. The molecule has 6 aromatic carbocycles. The van der Waals surface area contributed by atoms with E-state index in [2.05, 4.69) is 197 Å². The molecule has 1 heterocycles. The van der Waals surface area contributed by atoms with Gasteiger partial charge in [0.05, 0.1) is 0 Å². The van der Waals surface area contributed by atoms with Gasteiger partial charge < -0.3 is 0 Å². The Morgan fingerprint density at radius 1 is 0.189 bits per heavy atom. The predicted octanol–water partition coefficient (Wildman–Crippen LogP) is 16.3. The maximum absolute atomic E-state index is 6.50. The summed E-state index contributed by atoms with van der Waals surface area (Å²) in [7, 11) is 11.3. The van der Waals surface area contributed by atoms with Crippen LogP contribution in [-0.2, 0) is 96.3 Å². The Hall–Kier alpha value is -2.76. The Morgan fingerprint density at radius 3 is 0.344 bits per heavy atom. The number of rotatable bonds is 6. The summed E-state index contributed by atoms with van der Waals surface area (Å²) >= 11 is 1.49. The van der Waals surface area contributed by atoms with Crippen molar-refractivity contribution in [2.45, 2.75) is 221 Å². The van der Waals surface area contributed by atoms with E-state index in [1.165, 1.54) is 100 Å². The number of fused-ring (bicyclic) bond motifs is 12. The van der Waals surface area contributed by atoms with E-state index in [1.54, 1.807) is 0 Å². The third-order valence-electron chi connectivity index (χ3n) is 17.0. The van der Waals surface area contributed by atoms with Crippen molar-refractivity contribution >= 4 is 89.7 Å². The summed E-state index contributed by atoms with van der Waals surface area (Å²) < 4.78 is 39.0. The van der Waals surface area contributed by atoms with E-state index in [9.17, 15) is 0 Å². The molecular formula is C78H108O6Se6. The van der Waals surface area contributed by atoms with Gasteiger partial charge in [0.2, 0.25) is 0 Å². The fraction of sp³-hybridized carbons (Fsp3) is 0.538. The van der Waals surface area contributed by atoms with Crippen LogP contribution in [0.4, 0.5) is 0 Å². The molecule has 90 heavy (non-hydrogen) atoms. The summed E-state index contributed by atoms with van der Waals surface area (Å²) in [5, 5.41) is 11.8. The first-order valence-electron chi connectivity index (χ1n) is 31.8. The summed E-state index contributed by atoms with van der Waals surface area (Å²) in [6.07, 6.45) is 0. The second kappa shape index (κ2) is 31.4. The van der Waals surface area contributed by atoms with Gasteiger partial charge in [-0.15, -0.1) is 0 Å². The number of benzene rings is 6. The average Bonchev–Trinajstić information content (AvgIpc) is 0.934. The van der Waals surface area contributed by atoms with Crippen molar-refractivity contribution in [2.24, 2.45) is 0 Å². The number of hydrogen-bond donors (Lipinski definition) is 0.